The zero-order chi connectivity index (χ0) is 11.4. The molecule has 2 rings (SSSR count). The fourth-order valence-electron chi connectivity index (χ4n) is 1.43. The molecule has 0 spiro atoms. The normalized spacial score (nSPS) is 10.6. The van der Waals surface area contributed by atoms with Crippen molar-refractivity contribution >= 4 is 15.9 Å². The molecule has 0 saturated carbocycles. The Morgan fingerprint density at radius 1 is 1.31 bits per heavy atom. The van der Waals surface area contributed by atoms with Gasteiger partial charge in [0.25, 0.3) is 0 Å². The van der Waals surface area contributed by atoms with Crippen LogP contribution in [-0.2, 0) is 13.1 Å². The molecule has 1 aromatic carbocycles. The van der Waals surface area contributed by atoms with Crippen molar-refractivity contribution in [1.82, 2.24) is 20.1 Å². The summed E-state index contributed by atoms with van der Waals surface area (Å²) in [5, 5.41) is 7.37. The third kappa shape index (κ3) is 2.90. The maximum atomic E-state index is 4.35. The lowest BCUT2D eigenvalue weighted by Crippen LogP contribution is -2.08. The third-order valence-corrected chi connectivity index (χ3v) is 2.71. The summed E-state index contributed by atoms with van der Waals surface area (Å²) in [4.78, 5) is 4.20. The highest BCUT2D eigenvalue weighted by atomic mass is 79.9. The Morgan fingerprint density at radius 2 is 2.06 bits per heavy atom. The van der Waals surface area contributed by atoms with Crippen LogP contribution in [0.25, 0.3) is 0 Å². The van der Waals surface area contributed by atoms with Crippen LogP contribution in [0, 0.1) is 0 Å². The lowest BCUT2D eigenvalue weighted by molar-refractivity contribution is 0.658. The maximum Gasteiger partial charge on any atom is 0.164 e. The van der Waals surface area contributed by atoms with Gasteiger partial charge in [-0.05, 0) is 24.7 Å². The van der Waals surface area contributed by atoms with Gasteiger partial charge in [-0.2, -0.15) is 5.10 Å². The molecule has 0 bridgehead atoms. The molecular formula is C11H13BrN4. The van der Waals surface area contributed by atoms with E-state index in [0.29, 0.717) is 6.54 Å². The second-order valence-electron chi connectivity index (χ2n) is 3.52. The molecule has 1 heterocycles. The van der Waals surface area contributed by atoms with E-state index in [9.17, 15) is 0 Å². The van der Waals surface area contributed by atoms with E-state index in [4.69, 9.17) is 0 Å². The Labute approximate surface area is 103 Å². The lowest BCUT2D eigenvalue weighted by atomic mass is 10.2. The van der Waals surface area contributed by atoms with E-state index in [2.05, 4.69) is 43.5 Å². The van der Waals surface area contributed by atoms with Gasteiger partial charge in [0, 0.05) is 4.47 Å². The summed E-state index contributed by atoms with van der Waals surface area (Å²) in [6.07, 6.45) is 1.76. The van der Waals surface area contributed by atoms with E-state index in [0.717, 1.165) is 16.8 Å². The van der Waals surface area contributed by atoms with Gasteiger partial charge < -0.3 is 5.32 Å². The summed E-state index contributed by atoms with van der Waals surface area (Å²) in [5.41, 5.74) is 1.21. The number of halogens is 1. The smallest absolute Gasteiger partial charge is 0.164 e. The number of rotatable bonds is 4. The molecule has 16 heavy (non-hydrogen) atoms. The van der Waals surface area contributed by atoms with Crippen LogP contribution in [0.3, 0.4) is 0 Å². The van der Waals surface area contributed by atoms with Crippen molar-refractivity contribution in [3.63, 3.8) is 0 Å². The molecule has 0 aliphatic carbocycles. The van der Waals surface area contributed by atoms with Crippen molar-refractivity contribution in [3.8, 4) is 0 Å². The lowest BCUT2D eigenvalue weighted by Gasteiger charge is -2.00. The second kappa shape index (κ2) is 5.23. The van der Waals surface area contributed by atoms with Crippen molar-refractivity contribution in [3.05, 3.63) is 46.5 Å². The zero-order valence-corrected chi connectivity index (χ0v) is 10.6. The Kier molecular flexibility index (Phi) is 3.69. The topological polar surface area (TPSA) is 42.7 Å². The average molecular weight is 281 g/mol. The first kappa shape index (κ1) is 11.3. The summed E-state index contributed by atoms with van der Waals surface area (Å²) in [6.45, 7) is 1.46. The molecule has 5 heteroatoms. The Morgan fingerprint density at radius 3 is 2.75 bits per heavy atom. The van der Waals surface area contributed by atoms with Crippen LogP contribution in [0.4, 0.5) is 0 Å². The number of hydrogen-bond acceptors (Lipinski definition) is 3. The van der Waals surface area contributed by atoms with Crippen LogP contribution >= 0.6 is 15.9 Å². The van der Waals surface area contributed by atoms with Crippen molar-refractivity contribution < 1.29 is 0 Å². The Balaban J connectivity index is 2.05. The SMILES string of the molecule is CNCc1ncn(Cc2ccc(Br)cc2)n1. The predicted octanol–water partition coefficient (Wildman–Crippen LogP) is 1.81. The van der Waals surface area contributed by atoms with Crippen LogP contribution < -0.4 is 5.32 Å². The fraction of sp³-hybridized carbons (Fsp3) is 0.273. The number of aromatic nitrogens is 3. The molecule has 2 aromatic rings. The highest BCUT2D eigenvalue weighted by molar-refractivity contribution is 9.10. The Bertz CT molecular complexity index is 449. The minimum atomic E-state index is 0.702. The van der Waals surface area contributed by atoms with Gasteiger partial charge in [-0.3, -0.25) is 0 Å². The molecule has 0 fully saturated rings. The molecule has 0 unspecified atom stereocenters. The van der Waals surface area contributed by atoms with Crippen molar-refractivity contribution in [2.24, 2.45) is 0 Å². The van der Waals surface area contributed by atoms with Crippen LogP contribution in [0.1, 0.15) is 11.4 Å². The first-order valence-corrected chi connectivity index (χ1v) is 5.84. The first-order valence-electron chi connectivity index (χ1n) is 5.05. The van der Waals surface area contributed by atoms with E-state index >= 15 is 0 Å². The van der Waals surface area contributed by atoms with E-state index in [1.807, 2.05) is 23.9 Å². The minimum Gasteiger partial charge on any atom is -0.313 e. The molecule has 0 amide bonds. The number of nitrogens with zero attached hydrogens (tertiary/aromatic N) is 3. The molecule has 0 aliphatic rings. The molecule has 1 N–H and O–H groups in total. The van der Waals surface area contributed by atoms with Crippen LogP contribution in [-0.4, -0.2) is 21.8 Å². The Hall–Kier alpha value is -1.20. The predicted molar refractivity (Wildman–Crippen MR) is 66.0 cm³/mol. The monoisotopic (exact) mass is 280 g/mol. The molecule has 84 valence electrons. The standard InChI is InChI=1S/C11H13BrN4/c1-13-6-11-14-8-16(15-11)7-9-2-4-10(12)5-3-9/h2-5,8,13H,6-7H2,1H3. The van der Waals surface area contributed by atoms with Crippen LogP contribution in [0.5, 0.6) is 0 Å². The summed E-state index contributed by atoms with van der Waals surface area (Å²) in [7, 11) is 1.88. The van der Waals surface area contributed by atoms with Crippen molar-refractivity contribution in [2.45, 2.75) is 13.1 Å². The molecule has 1 aromatic heterocycles. The van der Waals surface area contributed by atoms with Crippen LogP contribution in [0.15, 0.2) is 35.1 Å². The van der Waals surface area contributed by atoms with Gasteiger partial charge in [-0.25, -0.2) is 9.67 Å². The van der Waals surface area contributed by atoms with Gasteiger partial charge in [-0.15, -0.1) is 0 Å². The minimum absolute atomic E-state index is 0.702. The molecule has 0 atom stereocenters. The fourth-order valence-corrected chi connectivity index (χ4v) is 1.69. The summed E-state index contributed by atoms with van der Waals surface area (Å²) >= 11 is 3.41. The summed E-state index contributed by atoms with van der Waals surface area (Å²) < 4.78 is 2.93. The average Bonchev–Trinajstić information content (AvgIpc) is 2.70. The van der Waals surface area contributed by atoms with E-state index < -0.39 is 0 Å². The van der Waals surface area contributed by atoms with Crippen molar-refractivity contribution in [1.29, 1.82) is 0 Å². The highest BCUT2D eigenvalue weighted by Gasteiger charge is 2.00. The first-order chi connectivity index (χ1) is 7.78. The van der Waals surface area contributed by atoms with Gasteiger partial charge in [0.2, 0.25) is 0 Å². The third-order valence-electron chi connectivity index (χ3n) is 2.18. The van der Waals surface area contributed by atoms with E-state index in [-0.39, 0.29) is 0 Å². The highest BCUT2D eigenvalue weighted by Crippen LogP contribution is 2.11. The second-order valence-corrected chi connectivity index (χ2v) is 4.43. The van der Waals surface area contributed by atoms with Crippen LogP contribution in [0.2, 0.25) is 0 Å². The largest absolute Gasteiger partial charge is 0.313 e. The summed E-state index contributed by atoms with van der Waals surface area (Å²) in [5.74, 6) is 0.819. The van der Waals surface area contributed by atoms with Crippen molar-refractivity contribution in [2.75, 3.05) is 7.05 Å². The number of benzene rings is 1. The molecule has 4 nitrogen and oxygen atoms in total. The number of hydrogen-bond donors (Lipinski definition) is 1. The van der Waals surface area contributed by atoms with Gasteiger partial charge in [-0.1, -0.05) is 28.1 Å². The van der Waals surface area contributed by atoms with E-state index in [1.165, 1.54) is 5.56 Å². The zero-order valence-electron chi connectivity index (χ0n) is 9.02. The summed E-state index contributed by atoms with van der Waals surface area (Å²) in [6, 6.07) is 8.20. The van der Waals surface area contributed by atoms with Gasteiger partial charge in [0.15, 0.2) is 5.82 Å². The molecule has 0 radical (unpaired) electrons. The maximum absolute atomic E-state index is 4.35. The number of nitrogens with one attached hydrogen (secondary N) is 1. The quantitative estimate of drug-likeness (QED) is 0.929. The molecular weight excluding hydrogens is 268 g/mol. The molecule has 0 aliphatic heterocycles. The van der Waals surface area contributed by atoms with Gasteiger partial charge in [0.05, 0.1) is 13.1 Å². The van der Waals surface area contributed by atoms with Gasteiger partial charge in [0.1, 0.15) is 6.33 Å². The van der Waals surface area contributed by atoms with Gasteiger partial charge >= 0.3 is 0 Å². The molecule has 0 saturated heterocycles. The van der Waals surface area contributed by atoms with E-state index in [1.54, 1.807) is 6.33 Å².